The number of Topliss-reactive ketones (excluding diaryl/α,β-unsaturated/α-hetero) is 2. The Hall–Kier alpha value is -2.76. The Kier molecular flexibility index (Phi) is 4.97. The van der Waals surface area contributed by atoms with Crippen LogP contribution in [0.1, 0.15) is 37.0 Å². The first kappa shape index (κ1) is 17.6. The number of allylic oxidation sites excluding steroid dienone is 1. The average molecular weight is 329 g/mol. The summed E-state index contributed by atoms with van der Waals surface area (Å²) in [6.07, 6.45) is 2.75. The van der Waals surface area contributed by atoms with E-state index in [-0.39, 0.29) is 30.0 Å². The molecular formula is C18H19NO5. The Morgan fingerprint density at radius 2 is 1.75 bits per heavy atom. The normalized spacial score (nSPS) is 17.9. The predicted octanol–water partition coefficient (Wildman–Crippen LogP) is 2.45. The van der Waals surface area contributed by atoms with Crippen LogP contribution in [-0.4, -0.2) is 28.4 Å². The van der Waals surface area contributed by atoms with Gasteiger partial charge in [0.05, 0.1) is 11.3 Å². The molecule has 126 valence electrons. The van der Waals surface area contributed by atoms with Crippen LogP contribution >= 0.6 is 0 Å². The molecule has 1 aromatic rings. The first-order valence-electron chi connectivity index (χ1n) is 7.56. The smallest absolute Gasteiger partial charge is 0.337 e. The molecule has 1 aliphatic carbocycles. The number of para-hydroxylation sites is 1. The van der Waals surface area contributed by atoms with Gasteiger partial charge in [-0.3, -0.25) is 14.4 Å². The summed E-state index contributed by atoms with van der Waals surface area (Å²) in [5.74, 6) is -3.65. The van der Waals surface area contributed by atoms with E-state index in [9.17, 15) is 19.2 Å². The van der Waals surface area contributed by atoms with Crippen molar-refractivity contribution >= 4 is 29.0 Å². The minimum Gasteiger partial charge on any atom is -0.478 e. The standard InChI is InChI=1S/C18H19NO5/c1-18(2)9-14(21)16(15(22)10-18)13(20)7-8-19-12-6-4-3-5-11(12)17(23)24/h3-8,16,19H,9-10H2,1-2H3,(H,23,24). The van der Waals surface area contributed by atoms with Crippen LogP contribution in [0.5, 0.6) is 0 Å². The van der Waals surface area contributed by atoms with Crippen molar-refractivity contribution in [2.45, 2.75) is 26.7 Å². The lowest BCUT2D eigenvalue weighted by atomic mass is 9.70. The molecular weight excluding hydrogens is 310 g/mol. The van der Waals surface area contributed by atoms with E-state index in [2.05, 4.69) is 5.32 Å². The number of nitrogens with one attached hydrogen (secondary N) is 1. The maximum absolute atomic E-state index is 12.2. The lowest BCUT2D eigenvalue weighted by Gasteiger charge is -2.30. The van der Waals surface area contributed by atoms with Crippen molar-refractivity contribution < 1.29 is 24.3 Å². The predicted molar refractivity (Wildman–Crippen MR) is 87.7 cm³/mol. The van der Waals surface area contributed by atoms with Crippen LogP contribution in [0.3, 0.4) is 0 Å². The number of carbonyl (C=O) groups excluding carboxylic acids is 3. The zero-order valence-corrected chi connectivity index (χ0v) is 13.5. The summed E-state index contributed by atoms with van der Waals surface area (Å²) in [6.45, 7) is 3.65. The fourth-order valence-electron chi connectivity index (χ4n) is 2.81. The number of carboxylic acids is 1. The lowest BCUT2D eigenvalue weighted by Crippen LogP contribution is -2.41. The molecule has 0 radical (unpaired) electrons. The van der Waals surface area contributed by atoms with Gasteiger partial charge in [0, 0.05) is 19.0 Å². The van der Waals surface area contributed by atoms with Gasteiger partial charge < -0.3 is 10.4 Å². The van der Waals surface area contributed by atoms with Gasteiger partial charge in [-0.1, -0.05) is 26.0 Å². The highest BCUT2D eigenvalue weighted by atomic mass is 16.4. The SMILES string of the molecule is CC1(C)CC(=O)C(C(=O)C=CNc2ccccc2C(=O)O)C(=O)C1. The van der Waals surface area contributed by atoms with E-state index in [4.69, 9.17) is 5.11 Å². The molecule has 0 aliphatic heterocycles. The van der Waals surface area contributed by atoms with Gasteiger partial charge in [-0.25, -0.2) is 4.79 Å². The Morgan fingerprint density at radius 3 is 2.33 bits per heavy atom. The highest BCUT2D eigenvalue weighted by Gasteiger charge is 2.42. The molecule has 1 aliphatic rings. The Bertz CT molecular complexity index is 713. The number of benzene rings is 1. The van der Waals surface area contributed by atoms with Crippen LogP contribution in [0.4, 0.5) is 5.69 Å². The summed E-state index contributed by atoms with van der Waals surface area (Å²) < 4.78 is 0. The molecule has 0 bridgehead atoms. The first-order chi connectivity index (χ1) is 11.2. The molecule has 2 N–H and O–H groups in total. The van der Waals surface area contributed by atoms with Crippen LogP contribution in [-0.2, 0) is 14.4 Å². The van der Waals surface area contributed by atoms with Crippen molar-refractivity contribution in [1.82, 2.24) is 0 Å². The number of carboxylic acid groups (broad SMARTS) is 1. The van der Waals surface area contributed by atoms with Gasteiger partial charge in [0.15, 0.2) is 17.3 Å². The molecule has 6 heteroatoms. The molecule has 6 nitrogen and oxygen atoms in total. The zero-order chi connectivity index (χ0) is 17.9. The minimum atomic E-state index is -1.24. The van der Waals surface area contributed by atoms with Gasteiger partial charge in [0.25, 0.3) is 0 Å². The van der Waals surface area contributed by atoms with Crippen LogP contribution in [0.25, 0.3) is 0 Å². The second-order valence-electron chi connectivity index (χ2n) is 6.61. The number of ketones is 3. The summed E-state index contributed by atoms with van der Waals surface area (Å²) in [6, 6.07) is 6.22. The topological polar surface area (TPSA) is 101 Å². The summed E-state index contributed by atoms with van der Waals surface area (Å²) in [5.41, 5.74) is -0.0366. The molecule has 1 fully saturated rings. The van der Waals surface area contributed by atoms with Crippen molar-refractivity contribution in [2.24, 2.45) is 11.3 Å². The molecule has 0 atom stereocenters. The summed E-state index contributed by atoms with van der Waals surface area (Å²) in [4.78, 5) is 47.4. The van der Waals surface area contributed by atoms with Gasteiger partial charge in [-0.2, -0.15) is 0 Å². The van der Waals surface area contributed by atoms with Crippen LogP contribution < -0.4 is 5.32 Å². The molecule has 0 saturated heterocycles. The number of hydrogen-bond acceptors (Lipinski definition) is 5. The Labute approximate surface area is 139 Å². The quantitative estimate of drug-likeness (QED) is 0.636. The molecule has 0 heterocycles. The van der Waals surface area contributed by atoms with Crippen LogP contribution in [0.15, 0.2) is 36.5 Å². The van der Waals surface area contributed by atoms with Crippen molar-refractivity contribution in [3.8, 4) is 0 Å². The maximum Gasteiger partial charge on any atom is 0.337 e. The van der Waals surface area contributed by atoms with E-state index in [1.54, 1.807) is 18.2 Å². The molecule has 2 rings (SSSR count). The van der Waals surface area contributed by atoms with E-state index < -0.39 is 23.1 Å². The number of carbonyl (C=O) groups is 4. The van der Waals surface area contributed by atoms with E-state index >= 15 is 0 Å². The van der Waals surface area contributed by atoms with Gasteiger partial charge in [0.2, 0.25) is 0 Å². The van der Waals surface area contributed by atoms with Gasteiger partial charge >= 0.3 is 5.97 Å². The van der Waals surface area contributed by atoms with E-state index in [1.807, 2.05) is 13.8 Å². The highest BCUT2D eigenvalue weighted by Crippen LogP contribution is 2.34. The van der Waals surface area contributed by atoms with E-state index in [0.29, 0.717) is 5.69 Å². The summed E-state index contributed by atoms with van der Waals surface area (Å²) >= 11 is 0. The Morgan fingerprint density at radius 1 is 1.17 bits per heavy atom. The number of rotatable bonds is 5. The van der Waals surface area contributed by atoms with Crippen molar-refractivity contribution in [2.75, 3.05) is 5.32 Å². The molecule has 0 unspecified atom stereocenters. The summed E-state index contributed by atoms with van der Waals surface area (Å²) in [5, 5.41) is 11.8. The lowest BCUT2D eigenvalue weighted by molar-refractivity contribution is -0.143. The first-order valence-corrected chi connectivity index (χ1v) is 7.56. The third-order valence-corrected chi connectivity index (χ3v) is 3.88. The Balaban J connectivity index is 2.08. The zero-order valence-electron chi connectivity index (χ0n) is 13.5. The molecule has 0 aromatic heterocycles. The minimum absolute atomic E-state index is 0.0566. The van der Waals surface area contributed by atoms with Crippen LogP contribution in [0.2, 0.25) is 0 Å². The second kappa shape index (κ2) is 6.78. The van der Waals surface area contributed by atoms with E-state index in [1.165, 1.54) is 12.3 Å². The largest absolute Gasteiger partial charge is 0.478 e. The molecule has 0 spiro atoms. The van der Waals surface area contributed by atoms with E-state index in [0.717, 1.165) is 6.08 Å². The number of anilines is 1. The molecule has 1 aromatic carbocycles. The molecule has 1 saturated carbocycles. The third-order valence-electron chi connectivity index (χ3n) is 3.88. The van der Waals surface area contributed by atoms with Gasteiger partial charge in [0.1, 0.15) is 5.92 Å². The summed E-state index contributed by atoms with van der Waals surface area (Å²) in [7, 11) is 0. The van der Waals surface area contributed by atoms with Crippen molar-refractivity contribution in [3.63, 3.8) is 0 Å². The van der Waals surface area contributed by atoms with Gasteiger partial charge in [-0.15, -0.1) is 0 Å². The second-order valence-corrected chi connectivity index (χ2v) is 6.61. The third kappa shape index (κ3) is 3.95. The van der Waals surface area contributed by atoms with Gasteiger partial charge in [-0.05, 0) is 23.6 Å². The van der Waals surface area contributed by atoms with Crippen LogP contribution in [0, 0.1) is 11.3 Å². The average Bonchev–Trinajstić information content (AvgIpc) is 2.45. The number of hydrogen-bond donors (Lipinski definition) is 2. The fourth-order valence-corrected chi connectivity index (χ4v) is 2.81. The highest BCUT2D eigenvalue weighted by molar-refractivity contribution is 6.23. The monoisotopic (exact) mass is 329 g/mol. The molecule has 0 amide bonds. The molecule has 24 heavy (non-hydrogen) atoms. The number of aromatic carboxylic acids is 1. The maximum atomic E-state index is 12.2. The van der Waals surface area contributed by atoms with Crippen molar-refractivity contribution in [3.05, 3.63) is 42.1 Å². The van der Waals surface area contributed by atoms with Crippen molar-refractivity contribution in [1.29, 1.82) is 0 Å². The fraction of sp³-hybridized carbons (Fsp3) is 0.333.